The lowest BCUT2D eigenvalue weighted by Crippen LogP contribution is -2.48. The minimum absolute atomic E-state index is 0.0261. The van der Waals surface area contributed by atoms with Crippen molar-refractivity contribution in [3.8, 4) is 5.75 Å². The highest BCUT2D eigenvalue weighted by molar-refractivity contribution is 6.32. The van der Waals surface area contributed by atoms with Crippen LogP contribution in [0.1, 0.15) is 24.2 Å². The predicted octanol–water partition coefficient (Wildman–Crippen LogP) is 2.12. The van der Waals surface area contributed by atoms with E-state index in [0.717, 1.165) is 0 Å². The number of nitrogens with one attached hydrogen (secondary N) is 1. The van der Waals surface area contributed by atoms with Crippen molar-refractivity contribution in [1.29, 1.82) is 0 Å². The maximum absolute atomic E-state index is 11.9. The van der Waals surface area contributed by atoms with Gasteiger partial charge in [0.15, 0.2) is 0 Å². The molecule has 5 heteroatoms. The Morgan fingerprint density at radius 1 is 1.44 bits per heavy atom. The first kappa shape index (κ1) is 14.8. The van der Waals surface area contributed by atoms with Crippen molar-refractivity contribution in [2.45, 2.75) is 19.4 Å². The van der Waals surface area contributed by atoms with Gasteiger partial charge in [-0.15, -0.1) is 0 Å². The summed E-state index contributed by atoms with van der Waals surface area (Å²) >= 11 is 5.76. The van der Waals surface area contributed by atoms with E-state index in [1.54, 1.807) is 6.07 Å². The monoisotopic (exact) mass is 270 g/mol. The molecule has 0 aromatic heterocycles. The van der Waals surface area contributed by atoms with Crippen molar-refractivity contribution in [2.24, 2.45) is 0 Å². The highest BCUT2D eigenvalue weighted by atomic mass is 35.5. The zero-order valence-electron chi connectivity index (χ0n) is 11.1. The van der Waals surface area contributed by atoms with Gasteiger partial charge in [-0.2, -0.15) is 0 Å². The smallest absolute Gasteiger partial charge is 0.251 e. The highest BCUT2D eigenvalue weighted by Crippen LogP contribution is 2.23. The Labute approximate surface area is 113 Å². The third kappa shape index (κ3) is 3.62. The quantitative estimate of drug-likeness (QED) is 0.881. The van der Waals surface area contributed by atoms with E-state index in [-0.39, 0.29) is 22.2 Å². The molecule has 0 saturated carbocycles. The summed E-state index contributed by atoms with van der Waals surface area (Å²) in [6.07, 6.45) is 0. The van der Waals surface area contributed by atoms with E-state index < -0.39 is 0 Å². The Morgan fingerprint density at radius 3 is 2.56 bits per heavy atom. The van der Waals surface area contributed by atoms with Crippen LogP contribution in [0.5, 0.6) is 5.75 Å². The molecule has 100 valence electrons. The molecule has 0 atom stereocenters. The summed E-state index contributed by atoms with van der Waals surface area (Å²) in [5.41, 5.74) is 0.309. The standard InChI is InChI=1S/C13H19ClN2O2/c1-13(2,16(3)4)8-15-12(18)9-5-6-11(17)10(14)7-9/h5-7,17H,8H2,1-4H3,(H,15,18). The number of amides is 1. The molecule has 1 aromatic rings. The lowest BCUT2D eigenvalue weighted by atomic mass is 10.0. The minimum Gasteiger partial charge on any atom is -0.506 e. The third-order valence-electron chi connectivity index (χ3n) is 3.10. The van der Waals surface area contributed by atoms with Crippen molar-refractivity contribution >= 4 is 17.5 Å². The van der Waals surface area contributed by atoms with Crippen LogP contribution in [-0.4, -0.2) is 42.1 Å². The SMILES string of the molecule is CN(C)C(C)(C)CNC(=O)c1ccc(O)c(Cl)c1. The topological polar surface area (TPSA) is 52.6 Å². The molecule has 1 rings (SSSR count). The van der Waals surface area contributed by atoms with Crippen molar-refractivity contribution in [2.75, 3.05) is 20.6 Å². The summed E-state index contributed by atoms with van der Waals surface area (Å²) in [4.78, 5) is 13.9. The fraction of sp³-hybridized carbons (Fsp3) is 0.462. The van der Waals surface area contributed by atoms with E-state index >= 15 is 0 Å². The second-order valence-electron chi connectivity index (χ2n) is 5.06. The van der Waals surface area contributed by atoms with Gasteiger partial charge in [0.05, 0.1) is 5.02 Å². The van der Waals surface area contributed by atoms with E-state index in [4.69, 9.17) is 11.6 Å². The van der Waals surface area contributed by atoms with Crippen LogP contribution in [0, 0.1) is 0 Å². The Hall–Kier alpha value is -1.26. The largest absolute Gasteiger partial charge is 0.506 e. The summed E-state index contributed by atoms with van der Waals surface area (Å²) in [7, 11) is 3.92. The number of hydrogen-bond acceptors (Lipinski definition) is 3. The first-order valence-corrected chi connectivity index (χ1v) is 6.06. The fourth-order valence-corrected chi connectivity index (χ4v) is 1.39. The Morgan fingerprint density at radius 2 is 2.06 bits per heavy atom. The summed E-state index contributed by atoms with van der Waals surface area (Å²) in [6, 6.07) is 4.41. The molecule has 0 aliphatic carbocycles. The third-order valence-corrected chi connectivity index (χ3v) is 3.40. The van der Waals surface area contributed by atoms with Gasteiger partial charge in [-0.3, -0.25) is 4.79 Å². The number of carbonyl (C=O) groups excluding carboxylic acids is 1. The number of nitrogens with zero attached hydrogens (tertiary/aromatic N) is 1. The molecule has 0 heterocycles. The first-order chi connectivity index (χ1) is 8.24. The van der Waals surface area contributed by atoms with E-state index in [9.17, 15) is 9.90 Å². The number of phenols is 1. The summed E-state index contributed by atoms with van der Waals surface area (Å²) in [5.74, 6) is -0.228. The molecule has 0 bridgehead atoms. The van der Waals surface area contributed by atoms with Crippen LogP contribution in [0.3, 0.4) is 0 Å². The average molecular weight is 271 g/mol. The van der Waals surface area contributed by atoms with Gasteiger partial charge in [-0.05, 0) is 46.1 Å². The van der Waals surface area contributed by atoms with Gasteiger partial charge in [0, 0.05) is 17.6 Å². The number of carbonyl (C=O) groups is 1. The summed E-state index contributed by atoms with van der Waals surface area (Å²) in [6.45, 7) is 4.60. The van der Waals surface area contributed by atoms with Crippen LogP contribution in [0.15, 0.2) is 18.2 Å². The zero-order chi connectivity index (χ0) is 13.9. The molecular weight excluding hydrogens is 252 g/mol. The van der Waals surface area contributed by atoms with Crippen LogP contribution < -0.4 is 5.32 Å². The molecule has 1 amide bonds. The highest BCUT2D eigenvalue weighted by Gasteiger charge is 2.21. The van der Waals surface area contributed by atoms with Gasteiger partial charge in [0.2, 0.25) is 0 Å². The number of rotatable bonds is 4. The first-order valence-electron chi connectivity index (χ1n) is 5.68. The fourth-order valence-electron chi connectivity index (χ4n) is 1.20. The molecule has 0 saturated heterocycles. The van der Waals surface area contributed by atoms with Crippen LogP contribution >= 0.6 is 11.6 Å². The molecular formula is C13H19ClN2O2. The number of phenolic OH excluding ortho intramolecular Hbond substituents is 1. The number of hydrogen-bond donors (Lipinski definition) is 2. The number of benzene rings is 1. The van der Waals surface area contributed by atoms with Crippen molar-refractivity contribution in [3.05, 3.63) is 28.8 Å². The molecule has 0 aliphatic rings. The van der Waals surface area contributed by atoms with Gasteiger partial charge >= 0.3 is 0 Å². The normalized spacial score (nSPS) is 11.7. The lowest BCUT2D eigenvalue weighted by molar-refractivity contribution is 0.0919. The average Bonchev–Trinajstić information content (AvgIpc) is 2.29. The minimum atomic E-state index is -0.202. The van der Waals surface area contributed by atoms with E-state index in [0.29, 0.717) is 12.1 Å². The summed E-state index contributed by atoms with van der Waals surface area (Å²) in [5, 5.41) is 12.3. The molecule has 0 radical (unpaired) electrons. The lowest BCUT2D eigenvalue weighted by Gasteiger charge is -2.32. The maximum atomic E-state index is 11.9. The van der Waals surface area contributed by atoms with Gasteiger partial charge in [-0.25, -0.2) is 0 Å². The van der Waals surface area contributed by atoms with Crippen molar-refractivity contribution in [1.82, 2.24) is 10.2 Å². The van der Waals surface area contributed by atoms with Gasteiger partial charge < -0.3 is 15.3 Å². The number of halogens is 1. The second-order valence-corrected chi connectivity index (χ2v) is 5.46. The van der Waals surface area contributed by atoms with E-state index in [1.807, 2.05) is 32.8 Å². The zero-order valence-corrected chi connectivity index (χ0v) is 11.9. The van der Waals surface area contributed by atoms with Gasteiger partial charge in [0.25, 0.3) is 5.91 Å². The molecule has 0 fully saturated rings. The Bertz CT molecular complexity index is 445. The molecule has 0 spiro atoms. The van der Waals surface area contributed by atoms with Gasteiger partial charge in [-0.1, -0.05) is 11.6 Å². The Balaban J connectivity index is 2.69. The van der Waals surface area contributed by atoms with Crippen LogP contribution in [0.25, 0.3) is 0 Å². The second kappa shape index (κ2) is 5.59. The number of aromatic hydroxyl groups is 1. The summed E-state index contributed by atoms with van der Waals surface area (Å²) < 4.78 is 0. The predicted molar refractivity (Wildman–Crippen MR) is 73.2 cm³/mol. The van der Waals surface area contributed by atoms with Crippen LogP contribution in [-0.2, 0) is 0 Å². The Kier molecular flexibility index (Phi) is 4.59. The van der Waals surface area contributed by atoms with Crippen LogP contribution in [0.2, 0.25) is 5.02 Å². The molecule has 1 aromatic carbocycles. The molecule has 0 unspecified atom stereocenters. The number of likely N-dealkylation sites (N-methyl/N-ethyl adjacent to an activating group) is 1. The van der Waals surface area contributed by atoms with E-state index in [1.165, 1.54) is 12.1 Å². The van der Waals surface area contributed by atoms with Crippen molar-refractivity contribution in [3.63, 3.8) is 0 Å². The van der Waals surface area contributed by atoms with Gasteiger partial charge in [0.1, 0.15) is 5.75 Å². The molecule has 4 nitrogen and oxygen atoms in total. The maximum Gasteiger partial charge on any atom is 0.251 e. The molecule has 0 aliphatic heterocycles. The molecule has 2 N–H and O–H groups in total. The molecule has 18 heavy (non-hydrogen) atoms. The van der Waals surface area contributed by atoms with E-state index in [2.05, 4.69) is 5.32 Å². The van der Waals surface area contributed by atoms with Crippen molar-refractivity contribution < 1.29 is 9.90 Å². The van der Waals surface area contributed by atoms with Crippen LogP contribution in [0.4, 0.5) is 0 Å².